The maximum atomic E-state index is 10.7. The minimum Gasteiger partial charge on any atom is -0.363 e. The molecule has 1 aliphatic carbocycles. The zero-order valence-electron chi connectivity index (χ0n) is 8.80. The molecule has 0 aliphatic heterocycles. The topological polar surface area (TPSA) is 73.0 Å². The normalized spacial score (nSPS) is 23.9. The summed E-state index contributed by atoms with van der Waals surface area (Å²) in [4.78, 5) is 10.3. The van der Waals surface area contributed by atoms with Gasteiger partial charge in [-0.3, -0.25) is 14.8 Å². The molecule has 82 valence electrons. The number of hydrogen-bond acceptors (Lipinski definition) is 4. The van der Waals surface area contributed by atoms with Crippen LogP contribution in [0.25, 0.3) is 0 Å². The molecule has 0 bridgehead atoms. The van der Waals surface area contributed by atoms with Crippen LogP contribution in [0.15, 0.2) is 6.20 Å². The molecular formula is C9H14N4O2. The van der Waals surface area contributed by atoms with Gasteiger partial charge in [-0.15, -0.1) is 5.10 Å². The van der Waals surface area contributed by atoms with Gasteiger partial charge < -0.3 is 5.32 Å². The lowest BCUT2D eigenvalue weighted by molar-refractivity contribution is -0.384. The highest BCUT2D eigenvalue weighted by atomic mass is 16.6. The third-order valence-corrected chi connectivity index (χ3v) is 2.81. The van der Waals surface area contributed by atoms with Crippen LogP contribution in [0.2, 0.25) is 0 Å². The molecule has 1 saturated carbocycles. The molecule has 15 heavy (non-hydrogen) atoms. The largest absolute Gasteiger partial charge is 0.363 e. The molecule has 1 aliphatic rings. The predicted molar refractivity (Wildman–Crippen MR) is 55.6 cm³/mol. The summed E-state index contributed by atoms with van der Waals surface area (Å²) in [5.41, 5.74) is 0.0470. The second kappa shape index (κ2) is 3.52. The van der Waals surface area contributed by atoms with Gasteiger partial charge in [-0.1, -0.05) is 6.92 Å². The Balaban J connectivity index is 2.03. The van der Waals surface area contributed by atoms with E-state index in [4.69, 9.17) is 0 Å². The highest BCUT2D eigenvalue weighted by molar-refractivity contribution is 5.54. The minimum atomic E-state index is -0.411. The van der Waals surface area contributed by atoms with Crippen molar-refractivity contribution in [3.63, 3.8) is 0 Å². The van der Waals surface area contributed by atoms with E-state index in [0.29, 0.717) is 11.7 Å². The van der Waals surface area contributed by atoms with Crippen molar-refractivity contribution in [1.82, 2.24) is 9.78 Å². The third kappa shape index (κ3) is 2.08. The van der Waals surface area contributed by atoms with Gasteiger partial charge in [0.15, 0.2) is 0 Å². The summed E-state index contributed by atoms with van der Waals surface area (Å²) in [5.74, 6) is 1.76. The molecule has 1 aromatic heterocycles. The molecule has 2 atom stereocenters. The first kappa shape index (κ1) is 9.95. The van der Waals surface area contributed by atoms with Crippen LogP contribution in [0.4, 0.5) is 11.5 Å². The van der Waals surface area contributed by atoms with Crippen LogP contribution in [0.3, 0.4) is 0 Å². The number of aryl methyl sites for hydroxylation is 1. The van der Waals surface area contributed by atoms with Crippen LogP contribution in [0.1, 0.15) is 13.3 Å². The van der Waals surface area contributed by atoms with E-state index in [0.717, 1.165) is 12.5 Å². The molecule has 0 amide bonds. The Hall–Kier alpha value is -1.59. The van der Waals surface area contributed by atoms with Gasteiger partial charge in [0, 0.05) is 13.6 Å². The zero-order valence-corrected chi connectivity index (χ0v) is 8.80. The number of nitrogens with zero attached hydrogens (tertiary/aromatic N) is 3. The number of anilines is 1. The third-order valence-electron chi connectivity index (χ3n) is 2.81. The van der Waals surface area contributed by atoms with Crippen molar-refractivity contribution in [3.8, 4) is 0 Å². The average molecular weight is 210 g/mol. The van der Waals surface area contributed by atoms with Crippen molar-refractivity contribution in [2.24, 2.45) is 18.9 Å². The number of aromatic nitrogens is 2. The first-order valence-corrected chi connectivity index (χ1v) is 5.00. The summed E-state index contributed by atoms with van der Waals surface area (Å²) in [6.07, 6.45) is 2.62. The van der Waals surface area contributed by atoms with E-state index in [1.54, 1.807) is 7.05 Å². The Kier molecular flexibility index (Phi) is 2.34. The fraction of sp³-hybridized carbons (Fsp3) is 0.667. The molecule has 0 aromatic carbocycles. The highest BCUT2D eigenvalue weighted by Crippen LogP contribution is 2.37. The zero-order chi connectivity index (χ0) is 11.0. The van der Waals surface area contributed by atoms with E-state index in [1.165, 1.54) is 17.3 Å². The number of nitrogens with one attached hydrogen (secondary N) is 1. The van der Waals surface area contributed by atoms with E-state index in [-0.39, 0.29) is 5.69 Å². The second-order valence-corrected chi connectivity index (χ2v) is 4.15. The van der Waals surface area contributed by atoms with E-state index in [9.17, 15) is 10.1 Å². The van der Waals surface area contributed by atoms with Gasteiger partial charge in [-0.2, -0.15) is 0 Å². The summed E-state index contributed by atoms with van der Waals surface area (Å²) in [6.45, 7) is 2.96. The van der Waals surface area contributed by atoms with Crippen LogP contribution in [-0.4, -0.2) is 21.2 Å². The predicted octanol–water partition coefficient (Wildman–Crippen LogP) is 1.40. The van der Waals surface area contributed by atoms with Crippen LogP contribution in [-0.2, 0) is 7.05 Å². The highest BCUT2D eigenvalue weighted by Gasteiger charge is 2.32. The van der Waals surface area contributed by atoms with Crippen molar-refractivity contribution in [2.45, 2.75) is 13.3 Å². The minimum absolute atomic E-state index is 0.0470. The van der Waals surface area contributed by atoms with Crippen LogP contribution >= 0.6 is 0 Å². The van der Waals surface area contributed by atoms with Gasteiger partial charge in [-0.05, 0) is 18.3 Å². The van der Waals surface area contributed by atoms with Gasteiger partial charge >= 0.3 is 5.69 Å². The quantitative estimate of drug-likeness (QED) is 0.602. The molecule has 6 heteroatoms. The van der Waals surface area contributed by atoms with Crippen molar-refractivity contribution >= 4 is 11.5 Å². The maximum Gasteiger partial charge on any atom is 0.330 e. The lowest BCUT2D eigenvalue weighted by Crippen LogP contribution is -2.06. The Labute approximate surface area is 87.4 Å². The standard InChI is InChI=1S/C9H14N4O2/c1-6-3-7(6)4-10-9-8(13(14)15)5-12(2)11-9/h5-7H,3-4H2,1-2H3,(H,10,11). The maximum absolute atomic E-state index is 10.7. The average Bonchev–Trinajstić information content (AvgIpc) is 2.71. The summed E-state index contributed by atoms with van der Waals surface area (Å²) < 4.78 is 1.46. The molecular weight excluding hydrogens is 196 g/mol. The molecule has 1 N–H and O–H groups in total. The summed E-state index contributed by atoms with van der Waals surface area (Å²) >= 11 is 0. The molecule has 6 nitrogen and oxygen atoms in total. The fourth-order valence-corrected chi connectivity index (χ4v) is 1.65. The van der Waals surface area contributed by atoms with Gasteiger partial charge in [-0.25, -0.2) is 0 Å². The van der Waals surface area contributed by atoms with E-state index >= 15 is 0 Å². The molecule has 1 heterocycles. The Morgan fingerprint density at radius 1 is 1.80 bits per heavy atom. The molecule has 0 spiro atoms. The Bertz CT molecular complexity index is 387. The summed E-state index contributed by atoms with van der Waals surface area (Å²) in [7, 11) is 1.68. The molecule has 1 fully saturated rings. The van der Waals surface area contributed by atoms with E-state index in [1.807, 2.05) is 0 Å². The molecule has 1 aromatic rings. The summed E-state index contributed by atoms with van der Waals surface area (Å²) in [5, 5.41) is 17.7. The van der Waals surface area contributed by atoms with Crippen molar-refractivity contribution in [1.29, 1.82) is 0 Å². The van der Waals surface area contributed by atoms with E-state index < -0.39 is 4.92 Å². The van der Waals surface area contributed by atoms with Crippen LogP contribution in [0.5, 0.6) is 0 Å². The van der Waals surface area contributed by atoms with Gasteiger partial charge in [0.05, 0.1) is 4.92 Å². The van der Waals surface area contributed by atoms with Gasteiger partial charge in [0.25, 0.3) is 0 Å². The Morgan fingerprint density at radius 2 is 2.47 bits per heavy atom. The molecule has 0 radical (unpaired) electrons. The van der Waals surface area contributed by atoms with E-state index in [2.05, 4.69) is 17.3 Å². The van der Waals surface area contributed by atoms with Crippen molar-refractivity contribution in [2.75, 3.05) is 11.9 Å². The second-order valence-electron chi connectivity index (χ2n) is 4.15. The SMILES string of the molecule is CC1CC1CNc1nn(C)cc1[N+](=O)[O-]. The Morgan fingerprint density at radius 3 is 3.00 bits per heavy atom. The molecule has 2 unspecified atom stereocenters. The summed E-state index contributed by atoms with van der Waals surface area (Å²) in [6, 6.07) is 0. The monoisotopic (exact) mass is 210 g/mol. The number of nitro groups is 1. The van der Waals surface area contributed by atoms with Crippen molar-refractivity contribution in [3.05, 3.63) is 16.3 Å². The number of rotatable bonds is 4. The first-order chi connectivity index (χ1) is 7.08. The lowest BCUT2D eigenvalue weighted by Gasteiger charge is -2.00. The van der Waals surface area contributed by atoms with Gasteiger partial charge in [0.1, 0.15) is 6.20 Å². The number of hydrogen-bond donors (Lipinski definition) is 1. The van der Waals surface area contributed by atoms with Crippen LogP contribution < -0.4 is 5.32 Å². The van der Waals surface area contributed by atoms with Crippen LogP contribution in [0, 0.1) is 22.0 Å². The lowest BCUT2D eigenvalue weighted by atomic mass is 10.3. The molecule has 0 saturated heterocycles. The molecule has 2 rings (SSSR count). The van der Waals surface area contributed by atoms with Crippen molar-refractivity contribution < 1.29 is 4.92 Å². The smallest absolute Gasteiger partial charge is 0.330 e. The fourth-order valence-electron chi connectivity index (χ4n) is 1.65. The first-order valence-electron chi connectivity index (χ1n) is 5.00. The van der Waals surface area contributed by atoms with Gasteiger partial charge in [0.2, 0.25) is 5.82 Å².